The van der Waals surface area contributed by atoms with Crippen LogP contribution in [0.3, 0.4) is 0 Å². The highest BCUT2D eigenvalue weighted by molar-refractivity contribution is 5.97. The Bertz CT molecular complexity index is 625. The molecule has 5 nitrogen and oxygen atoms in total. The summed E-state index contributed by atoms with van der Waals surface area (Å²) in [5, 5.41) is 11.5. The van der Waals surface area contributed by atoms with Gasteiger partial charge in [0, 0.05) is 30.8 Å². The van der Waals surface area contributed by atoms with Gasteiger partial charge < -0.3 is 15.3 Å². The van der Waals surface area contributed by atoms with Crippen molar-refractivity contribution in [3.63, 3.8) is 0 Å². The Kier molecular flexibility index (Phi) is 4.39. The lowest BCUT2D eigenvalue weighted by Crippen LogP contribution is -2.48. The Labute approximate surface area is 136 Å². The molecule has 1 aromatic rings. The van der Waals surface area contributed by atoms with Gasteiger partial charge in [-0.3, -0.25) is 9.59 Å². The lowest BCUT2D eigenvalue weighted by molar-refractivity contribution is -0.117. The summed E-state index contributed by atoms with van der Waals surface area (Å²) in [6.07, 6.45) is 3.30. The number of carbonyl (C=O) groups is 2. The minimum atomic E-state index is -0.187. The summed E-state index contributed by atoms with van der Waals surface area (Å²) in [5.41, 5.74) is 2.59. The first kappa shape index (κ1) is 16.0. The molecule has 2 N–H and O–H groups in total. The lowest BCUT2D eigenvalue weighted by atomic mass is 9.83. The monoisotopic (exact) mass is 316 g/mol. The molecule has 3 rings (SSSR count). The van der Waals surface area contributed by atoms with Crippen LogP contribution in [0.25, 0.3) is 0 Å². The first-order valence-corrected chi connectivity index (χ1v) is 8.34. The van der Waals surface area contributed by atoms with E-state index in [2.05, 4.69) is 12.2 Å². The Morgan fingerprint density at radius 2 is 2.09 bits per heavy atom. The van der Waals surface area contributed by atoms with Crippen molar-refractivity contribution in [1.29, 1.82) is 0 Å². The van der Waals surface area contributed by atoms with Crippen molar-refractivity contribution in [2.75, 3.05) is 18.1 Å². The normalized spacial score (nSPS) is 23.3. The fraction of sp³-hybridized carbons (Fsp3) is 0.556. The third-order valence-electron chi connectivity index (χ3n) is 4.87. The lowest BCUT2D eigenvalue weighted by Gasteiger charge is -2.41. The van der Waals surface area contributed by atoms with Crippen LogP contribution in [0.2, 0.25) is 0 Å². The fourth-order valence-corrected chi connectivity index (χ4v) is 3.77. The summed E-state index contributed by atoms with van der Waals surface area (Å²) in [6.45, 7) is 3.99. The Hall–Kier alpha value is -1.88. The molecule has 1 aromatic carbocycles. The molecule has 0 aromatic heterocycles. The van der Waals surface area contributed by atoms with E-state index in [-0.39, 0.29) is 31.0 Å². The molecule has 0 unspecified atom stereocenters. The average molecular weight is 316 g/mol. The highest BCUT2D eigenvalue weighted by Crippen LogP contribution is 2.45. The molecule has 2 atom stereocenters. The molecule has 5 heteroatoms. The van der Waals surface area contributed by atoms with Gasteiger partial charge in [-0.1, -0.05) is 6.92 Å². The molecular weight excluding hydrogens is 292 g/mol. The maximum atomic E-state index is 12.2. The van der Waals surface area contributed by atoms with E-state index in [1.807, 2.05) is 17.0 Å². The number of anilines is 1. The second-order valence-corrected chi connectivity index (χ2v) is 6.72. The molecular formula is C18H24N2O3. The molecule has 124 valence electrons. The molecule has 2 aliphatic rings. The molecule has 0 spiro atoms. The van der Waals surface area contributed by atoms with Gasteiger partial charge in [0.1, 0.15) is 0 Å². The van der Waals surface area contributed by atoms with Crippen molar-refractivity contribution in [2.24, 2.45) is 11.8 Å². The smallest absolute Gasteiger partial charge is 0.251 e. The van der Waals surface area contributed by atoms with E-state index in [0.29, 0.717) is 17.4 Å². The van der Waals surface area contributed by atoms with Crippen LogP contribution in [-0.2, 0) is 11.2 Å². The zero-order valence-corrected chi connectivity index (χ0v) is 13.7. The molecule has 1 heterocycles. The zero-order valence-electron chi connectivity index (χ0n) is 13.7. The molecule has 0 saturated heterocycles. The molecule has 1 fully saturated rings. The second kappa shape index (κ2) is 6.32. The Morgan fingerprint density at radius 3 is 2.70 bits per heavy atom. The van der Waals surface area contributed by atoms with Crippen molar-refractivity contribution in [3.05, 3.63) is 29.3 Å². The number of nitrogens with zero attached hydrogens (tertiary/aromatic N) is 1. The summed E-state index contributed by atoms with van der Waals surface area (Å²) in [6, 6.07) is 5.83. The maximum absolute atomic E-state index is 12.2. The number of hydrogen-bond acceptors (Lipinski definition) is 3. The number of aliphatic hydroxyl groups excluding tert-OH is 1. The quantitative estimate of drug-likeness (QED) is 0.889. The first-order chi connectivity index (χ1) is 11.0. The van der Waals surface area contributed by atoms with Crippen LogP contribution in [0.1, 0.15) is 42.6 Å². The maximum Gasteiger partial charge on any atom is 0.251 e. The summed E-state index contributed by atoms with van der Waals surface area (Å²) in [7, 11) is 0. The van der Waals surface area contributed by atoms with Gasteiger partial charge in [0.2, 0.25) is 5.91 Å². The van der Waals surface area contributed by atoms with Crippen LogP contribution in [0.4, 0.5) is 5.69 Å². The van der Waals surface area contributed by atoms with Gasteiger partial charge in [0.05, 0.1) is 6.61 Å². The third-order valence-corrected chi connectivity index (χ3v) is 4.87. The van der Waals surface area contributed by atoms with Crippen molar-refractivity contribution < 1.29 is 14.7 Å². The Morgan fingerprint density at radius 1 is 1.35 bits per heavy atom. The topological polar surface area (TPSA) is 69.6 Å². The number of hydrogen-bond donors (Lipinski definition) is 2. The van der Waals surface area contributed by atoms with Gasteiger partial charge in [-0.05, 0) is 54.9 Å². The summed E-state index contributed by atoms with van der Waals surface area (Å²) >= 11 is 0. The van der Waals surface area contributed by atoms with E-state index in [0.717, 1.165) is 17.7 Å². The number of nitrogens with one attached hydrogen (secondary N) is 1. The van der Waals surface area contributed by atoms with Crippen LogP contribution >= 0.6 is 0 Å². The molecule has 0 bridgehead atoms. The van der Waals surface area contributed by atoms with Gasteiger partial charge >= 0.3 is 0 Å². The van der Waals surface area contributed by atoms with Crippen molar-refractivity contribution >= 4 is 17.5 Å². The zero-order chi connectivity index (χ0) is 16.6. The largest absolute Gasteiger partial charge is 0.395 e. The van der Waals surface area contributed by atoms with E-state index in [1.165, 1.54) is 12.8 Å². The minimum Gasteiger partial charge on any atom is -0.395 e. The van der Waals surface area contributed by atoms with Crippen LogP contribution in [0, 0.1) is 11.8 Å². The molecule has 1 aliphatic heterocycles. The van der Waals surface area contributed by atoms with E-state index in [9.17, 15) is 9.59 Å². The standard InChI is InChI=1S/C18H24N2O3/c1-11-9-15-10-14(18(23)19-7-8-21)5-6-16(15)20(12(2)22)17(11)13-3-4-13/h5-6,10-11,13,17,21H,3-4,7-9H2,1-2H3,(H,19,23)/t11-,17-/m1/s1. The van der Waals surface area contributed by atoms with Gasteiger partial charge in [-0.25, -0.2) is 0 Å². The number of carbonyl (C=O) groups excluding carboxylic acids is 2. The van der Waals surface area contributed by atoms with Gasteiger partial charge in [-0.15, -0.1) is 0 Å². The number of amides is 2. The third kappa shape index (κ3) is 3.11. The van der Waals surface area contributed by atoms with E-state index < -0.39 is 0 Å². The predicted molar refractivity (Wildman–Crippen MR) is 88.4 cm³/mol. The van der Waals surface area contributed by atoms with Crippen molar-refractivity contribution in [1.82, 2.24) is 5.32 Å². The number of fused-ring (bicyclic) bond motifs is 1. The number of benzene rings is 1. The van der Waals surface area contributed by atoms with E-state index in [4.69, 9.17) is 5.11 Å². The molecule has 1 saturated carbocycles. The van der Waals surface area contributed by atoms with Crippen LogP contribution in [0.5, 0.6) is 0 Å². The van der Waals surface area contributed by atoms with Crippen LogP contribution in [-0.4, -0.2) is 36.1 Å². The van der Waals surface area contributed by atoms with Gasteiger partial charge in [0.25, 0.3) is 5.91 Å². The average Bonchev–Trinajstić information content (AvgIpc) is 3.35. The van der Waals surface area contributed by atoms with Crippen LogP contribution in [0.15, 0.2) is 18.2 Å². The fourth-order valence-electron chi connectivity index (χ4n) is 3.77. The predicted octanol–water partition coefficient (Wildman–Crippen LogP) is 1.73. The highest BCUT2D eigenvalue weighted by Gasteiger charge is 2.43. The van der Waals surface area contributed by atoms with Crippen LogP contribution < -0.4 is 10.2 Å². The summed E-state index contributed by atoms with van der Waals surface area (Å²) < 4.78 is 0. The molecule has 2 amide bonds. The SMILES string of the molecule is CC(=O)N1c2ccc(C(=O)NCCO)cc2C[C@@H](C)[C@@H]1C1CC1. The molecule has 23 heavy (non-hydrogen) atoms. The summed E-state index contributed by atoms with van der Waals surface area (Å²) in [4.78, 5) is 26.2. The van der Waals surface area contributed by atoms with E-state index >= 15 is 0 Å². The highest BCUT2D eigenvalue weighted by atomic mass is 16.3. The molecule has 1 aliphatic carbocycles. The van der Waals surface area contributed by atoms with Gasteiger partial charge in [-0.2, -0.15) is 0 Å². The Balaban J connectivity index is 1.92. The summed E-state index contributed by atoms with van der Waals surface area (Å²) in [5.74, 6) is 0.907. The molecule has 0 radical (unpaired) electrons. The number of rotatable bonds is 4. The van der Waals surface area contributed by atoms with Crippen molar-refractivity contribution in [2.45, 2.75) is 39.2 Å². The minimum absolute atomic E-state index is 0.0745. The number of aliphatic hydroxyl groups is 1. The first-order valence-electron chi connectivity index (χ1n) is 8.34. The van der Waals surface area contributed by atoms with E-state index in [1.54, 1.807) is 13.0 Å². The van der Waals surface area contributed by atoms with Gasteiger partial charge in [0.15, 0.2) is 0 Å². The second-order valence-electron chi connectivity index (χ2n) is 6.72. The van der Waals surface area contributed by atoms with Crippen molar-refractivity contribution in [3.8, 4) is 0 Å².